The Hall–Kier alpha value is -3.88. The summed E-state index contributed by atoms with van der Waals surface area (Å²) in [6, 6.07) is 7.90. The van der Waals surface area contributed by atoms with E-state index in [1.807, 2.05) is 0 Å². The molecule has 5 N–H and O–H groups in total. The molecule has 136 valence electrons. The molecule has 27 heavy (non-hydrogen) atoms. The van der Waals surface area contributed by atoms with Crippen LogP contribution < -0.4 is 15.8 Å². The minimum absolute atomic E-state index is 0.0914. The largest absolute Gasteiger partial charge is 0.474 e. The van der Waals surface area contributed by atoms with Crippen molar-refractivity contribution < 1.29 is 28.8 Å². The lowest BCUT2D eigenvalue weighted by Gasteiger charge is -2.07. The summed E-state index contributed by atoms with van der Waals surface area (Å²) in [5.74, 6) is -1.81. The van der Waals surface area contributed by atoms with E-state index in [2.05, 4.69) is 28.3 Å². The molecule has 0 amide bonds. The number of hydrogen-bond donors (Lipinski definition) is 3. The Balaban J connectivity index is 2.15. The van der Waals surface area contributed by atoms with E-state index in [1.54, 1.807) is 0 Å². The van der Waals surface area contributed by atoms with Crippen molar-refractivity contribution in [2.24, 2.45) is 5.73 Å². The van der Waals surface area contributed by atoms with Crippen molar-refractivity contribution >= 4 is 17.6 Å². The van der Waals surface area contributed by atoms with E-state index in [0.717, 1.165) is 12.3 Å². The summed E-state index contributed by atoms with van der Waals surface area (Å²) in [5, 5.41) is 9.38. The van der Waals surface area contributed by atoms with Gasteiger partial charge in [0.15, 0.2) is 23.9 Å². The topological polar surface area (TPSA) is 119 Å². The fourth-order valence-corrected chi connectivity index (χ4v) is 1.95. The highest BCUT2D eigenvalue weighted by molar-refractivity contribution is 6.24. The molecule has 1 aromatic rings. The van der Waals surface area contributed by atoms with Crippen LogP contribution in [0.15, 0.2) is 59.0 Å². The standard InChI is InChI=1S/C19H14FN3O4/c1-26-17(24)11-27-15-4-2-3-12(9-15)18(25)16(10-21)19(22)23-14-7-5-13(20)6-8-14/h3,5,7,9-10H,11,21H2,1H3,(H2,22,23)/p+1/b16-10-. The van der Waals surface area contributed by atoms with Crippen LogP contribution in [0.4, 0.5) is 4.39 Å². The van der Waals surface area contributed by atoms with Gasteiger partial charge in [-0.05, 0) is 29.7 Å². The number of halogens is 1. The zero-order valence-corrected chi connectivity index (χ0v) is 14.3. The molecule has 1 aromatic carbocycles. The SMILES string of the molecule is COC(=O)COc1c#ccc(C(=O)/C(=C/N)C(=N)[NH2+]C2=C=C=C(F)C=C2)c1. The lowest BCUT2D eigenvalue weighted by atomic mass is 10.0. The van der Waals surface area contributed by atoms with Gasteiger partial charge in [0, 0.05) is 23.9 Å². The molecule has 8 heteroatoms. The lowest BCUT2D eigenvalue weighted by molar-refractivity contribution is -0.478. The molecule has 7 nitrogen and oxygen atoms in total. The van der Waals surface area contributed by atoms with Gasteiger partial charge < -0.3 is 15.2 Å². The molecule has 0 spiro atoms. The van der Waals surface area contributed by atoms with Crippen LogP contribution in [-0.2, 0) is 9.53 Å². The van der Waals surface area contributed by atoms with E-state index in [1.165, 1.54) is 30.6 Å². The number of methoxy groups -OCH3 is 1. The van der Waals surface area contributed by atoms with Gasteiger partial charge in [-0.1, -0.05) is 6.07 Å². The predicted molar refractivity (Wildman–Crippen MR) is 92.2 cm³/mol. The van der Waals surface area contributed by atoms with Gasteiger partial charge in [0.25, 0.3) is 0 Å². The van der Waals surface area contributed by atoms with Gasteiger partial charge in [0.1, 0.15) is 5.57 Å². The van der Waals surface area contributed by atoms with Crippen LogP contribution in [-0.4, -0.2) is 31.3 Å². The number of amidine groups is 1. The van der Waals surface area contributed by atoms with E-state index in [9.17, 15) is 14.0 Å². The fraction of sp³-hybridized carbons (Fsp3) is 0.105. The van der Waals surface area contributed by atoms with Gasteiger partial charge in [-0.15, -0.1) is 0 Å². The van der Waals surface area contributed by atoms with Gasteiger partial charge in [-0.3, -0.25) is 10.1 Å². The molecule has 0 bridgehead atoms. The normalized spacial score (nSPS) is 12.6. The first-order chi connectivity index (χ1) is 12.9. The molecule has 0 saturated carbocycles. The zero-order valence-electron chi connectivity index (χ0n) is 14.3. The van der Waals surface area contributed by atoms with Crippen LogP contribution in [0.1, 0.15) is 10.4 Å². The summed E-state index contributed by atoms with van der Waals surface area (Å²) in [7, 11) is 1.22. The molecule has 1 aliphatic rings. The third-order valence-corrected chi connectivity index (χ3v) is 3.28. The average molecular weight is 368 g/mol. The van der Waals surface area contributed by atoms with E-state index < -0.39 is 17.6 Å². The maximum atomic E-state index is 12.9. The maximum Gasteiger partial charge on any atom is 0.343 e. The third-order valence-electron chi connectivity index (χ3n) is 3.28. The second-order valence-electron chi connectivity index (χ2n) is 5.10. The molecule has 0 aromatic heterocycles. The summed E-state index contributed by atoms with van der Waals surface area (Å²) in [6.45, 7) is -0.349. The van der Waals surface area contributed by atoms with Gasteiger partial charge in [0.2, 0.25) is 11.6 Å². The van der Waals surface area contributed by atoms with Crippen LogP contribution in [0.5, 0.6) is 5.75 Å². The summed E-state index contributed by atoms with van der Waals surface area (Å²) < 4.78 is 22.5. The van der Waals surface area contributed by atoms with Gasteiger partial charge in [0.05, 0.1) is 7.11 Å². The quantitative estimate of drug-likeness (QED) is 0.161. The van der Waals surface area contributed by atoms with Gasteiger partial charge in [-0.25, -0.2) is 10.2 Å². The van der Waals surface area contributed by atoms with Crippen LogP contribution in [0.2, 0.25) is 0 Å². The average Bonchev–Trinajstić information content (AvgIpc) is 2.68. The van der Waals surface area contributed by atoms with Crippen molar-refractivity contribution in [3.8, 4) is 5.75 Å². The predicted octanol–water partition coefficient (Wildman–Crippen LogP) is 0.466. The molecular formula is C19H15FN3O4+. The highest BCUT2D eigenvalue weighted by Crippen LogP contribution is 2.13. The maximum absolute atomic E-state index is 12.9. The smallest absolute Gasteiger partial charge is 0.343 e. The number of hydrogen-bond acceptors (Lipinski definition) is 6. The molecule has 0 saturated heterocycles. The Morgan fingerprint density at radius 1 is 1.37 bits per heavy atom. The molecule has 1 aliphatic carbocycles. The molecule has 0 aliphatic heterocycles. The Morgan fingerprint density at radius 2 is 2.15 bits per heavy atom. The van der Waals surface area contributed by atoms with E-state index in [4.69, 9.17) is 15.9 Å². The molecular weight excluding hydrogens is 353 g/mol. The summed E-state index contributed by atoms with van der Waals surface area (Å²) >= 11 is 0. The minimum Gasteiger partial charge on any atom is -0.474 e. The van der Waals surface area contributed by atoms with Crippen LogP contribution in [0.25, 0.3) is 0 Å². The lowest BCUT2D eigenvalue weighted by Crippen LogP contribution is -2.86. The van der Waals surface area contributed by atoms with Crippen LogP contribution in [0.3, 0.4) is 0 Å². The summed E-state index contributed by atoms with van der Waals surface area (Å²) in [4.78, 5) is 23.8. The first-order valence-corrected chi connectivity index (χ1v) is 7.57. The Morgan fingerprint density at radius 3 is 2.78 bits per heavy atom. The van der Waals surface area contributed by atoms with Gasteiger partial charge >= 0.3 is 5.97 Å². The van der Waals surface area contributed by atoms with Crippen molar-refractivity contribution in [1.82, 2.24) is 0 Å². The first-order valence-electron chi connectivity index (χ1n) is 7.57. The number of quaternary nitrogens is 1. The zero-order chi connectivity index (χ0) is 19.8. The van der Waals surface area contributed by atoms with E-state index >= 15 is 0 Å². The van der Waals surface area contributed by atoms with Crippen molar-refractivity contribution in [3.05, 3.63) is 76.7 Å². The molecule has 0 unspecified atom stereocenters. The number of Topliss-reactive ketones (excluding diaryl/α,β-unsaturated/α-hetero) is 1. The molecule has 0 radical (unpaired) electrons. The number of ether oxygens (including phenoxy) is 2. The first kappa shape index (κ1) is 19.4. The summed E-state index contributed by atoms with van der Waals surface area (Å²) in [5.41, 5.74) is 10.7. The Bertz CT molecular complexity index is 949. The van der Waals surface area contributed by atoms with Crippen molar-refractivity contribution in [1.29, 1.82) is 5.41 Å². The number of nitrogens with one attached hydrogen (secondary N) is 1. The third kappa shape index (κ3) is 5.30. The minimum atomic E-state index is -0.591. The highest BCUT2D eigenvalue weighted by atomic mass is 19.1. The number of allylic oxidation sites excluding steroid dienone is 3. The van der Waals surface area contributed by atoms with E-state index in [-0.39, 0.29) is 29.3 Å². The van der Waals surface area contributed by atoms with Crippen LogP contribution in [0, 0.1) is 17.5 Å². The second-order valence-corrected chi connectivity index (χ2v) is 5.10. The number of carbonyl (C=O) groups is 2. The van der Waals surface area contributed by atoms with Crippen LogP contribution >= 0.6 is 0 Å². The number of carbonyl (C=O) groups excluding carboxylic acids is 2. The number of rotatable bonds is 7. The van der Waals surface area contributed by atoms with Gasteiger partial charge in [-0.2, -0.15) is 4.39 Å². The molecule has 0 atom stereocenters. The molecule has 0 heterocycles. The Labute approximate surface area is 154 Å². The number of ketones is 1. The van der Waals surface area contributed by atoms with Crippen molar-refractivity contribution in [2.75, 3.05) is 13.7 Å². The fourth-order valence-electron chi connectivity index (χ4n) is 1.95. The van der Waals surface area contributed by atoms with Crippen molar-refractivity contribution in [3.63, 3.8) is 0 Å². The monoisotopic (exact) mass is 368 g/mol. The van der Waals surface area contributed by atoms with Crippen molar-refractivity contribution in [2.45, 2.75) is 0 Å². The summed E-state index contributed by atoms with van der Waals surface area (Å²) in [6.07, 6.45) is 3.55. The number of esters is 1. The Kier molecular flexibility index (Phi) is 6.48. The highest BCUT2D eigenvalue weighted by Gasteiger charge is 2.21. The molecule has 2 rings (SSSR count). The second kappa shape index (κ2) is 8.99. The number of nitrogens with two attached hydrogens (primary N) is 2. The van der Waals surface area contributed by atoms with E-state index in [0.29, 0.717) is 5.70 Å². The molecule has 0 fully saturated rings.